The van der Waals surface area contributed by atoms with Crippen molar-refractivity contribution in [2.45, 2.75) is 13.8 Å². The van der Waals surface area contributed by atoms with E-state index in [-0.39, 0.29) is 0 Å². The van der Waals surface area contributed by atoms with E-state index in [9.17, 15) is 0 Å². The first kappa shape index (κ1) is 54.0. The minimum absolute atomic E-state index is 1.04. The van der Waals surface area contributed by atoms with Crippen molar-refractivity contribution in [2.24, 2.45) is 0 Å². The summed E-state index contributed by atoms with van der Waals surface area (Å²) in [7, 11) is 0. The number of hydrogen-bond acceptors (Lipinski definition) is 5. The molecule has 0 heterocycles. The summed E-state index contributed by atoms with van der Waals surface area (Å²) < 4.78 is 0. The molecular formula is C84H63N5. The highest BCUT2D eigenvalue weighted by Crippen LogP contribution is 2.47. The highest BCUT2D eigenvalue weighted by atomic mass is 15.2. The van der Waals surface area contributed by atoms with E-state index in [2.05, 4.69) is 384 Å². The molecule has 0 bridgehead atoms. The third kappa shape index (κ3) is 10.5. The number of hydrogen-bond donors (Lipinski definition) is 0. The molecule has 0 radical (unpaired) electrons. The van der Waals surface area contributed by atoms with E-state index in [0.29, 0.717) is 0 Å². The van der Waals surface area contributed by atoms with Gasteiger partial charge in [-0.2, -0.15) is 0 Å². The average Bonchev–Trinajstić information content (AvgIpc) is 1.20. The Morgan fingerprint density at radius 2 is 0.382 bits per heavy atom. The van der Waals surface area contributed by atoms with Crippen LogP contribution in [-0.2, 0) is 0 Å². The fourth-order valence-corrected chi connectivity index (χ4v) is 12.9. The Morgan fingerprint density at radius 3 is 0.674 bits per heavy atom. The van der Waals surface area contributed by atoms with Gasteiger partial charge < -0.3 is 24.5 Å². The second kappa shape index (κ2) is 23.7. The normalized spacial score (nSPS) is 11.3. The Bertz CT molecular complexity index is 4680. The van der Waals surface area contributed by atoms with Gasteiger partial charge in [0.1, 0.15) is 0 Å². The fourth-order valence-electron chi connectivity index (χ4n) is 12.9. The van der Waals surface area contributed by atoms with Crippen LogP contribution in [0, 0.1) is 13.8 Å². The van der Waals surface area contributed by atoms with Crippen LogP contribution < -0.4 is 24.5 Å². The van der Waals surface area contributed by atoms with Gasteiger partial charge in [-0.1, -0.05) is 176 Å². The molecule has 89 heavy (non-hydrogen) atoms. The maximum atomic E-state index is 2.41. The molecule has 0 spiro atoms. The minimum atomic E-state index is 1.04. The van der Waals surface area contributed by atoms with E-state index >= 15 is 0 Å². The Morgan fingerprint density at radius 1 is 0.157 bits per heavy atom. The standard InChI is InChI=1S/C84H63N5/c1-60-22-20-32-75(56-60)88(83-58-62-24-12-14-34-77(62)79-36-16-18-38-81(79)83)73-52-48-71(49-53-73)86(65-28-8-4-9-29-65)69-44-40-67(41-45-69)85(64-26-6-3-7-27-64)68-42-46-70(47-43-68)87(66-30-10-5-11-31-66)72-50-54-74(55-51-72)89(76-33-21-23-61(2)57-76)84-59-63-25-13-15-35-78(63)80-37-17-19-39-82(80)84/h3-59H,1-2H3. The van der Waals surface area contributed by atoms with E-state index in [1.807, 2.05) is 0 Å². The van der Waals surface area contributed by atoms with Crippen molar-refractivity contribution in [2.75, 3.05) is 24.5 Å². The first-order chi connectivity index (χ1) is 44.0. The number of fused-ring (bicyclic) bond motifs is 6. The summed E-state index contributed by atoms with van der Waals surface area (Å²) in [5, 5.41) is 9.78. The predicted molar refractivity (Wildman–Crippen MR) is 379 cm³/mol. The van der Waals surface area contributed by atoms with E-state index in [1.165, 1.54) is 54.2 Å². The SMILES string of the molecule is Cc1cccc(N(c2ccc(N(c3ccccc3)c3ccc(N(c4ccccc4)c4ccc(N(c5ccccc5)c5ccc(N(c6cccc(C)c6)c6cc7ccccc7c7ccccc67)cc5)cc4)cc3)cc2)c2cc3ccccc3c3ccccc23)c1. The summed E-state index contributed by atoms with van der Waals surface area (Å²) in [6.45, 7) is 4.33. The molecule has 0 unspecified atom stereocenters. The van der Waals surface area contributed by atoms with Gasteiger partial charge in [0.05, 0.1) is 11.4 Å². The molecule has 0 aliphatic rings. The van der Waals surface area contributed by atoms with Gasteiger partial charge in [0, 0.05) is 84.7 Å². The summed E-state index contributed by atoms with van der Waals surface area (Å²) >= 11 is 0. The summed E-state index contributed by atoms with van der Waals surface area (Å²) in [6.07, 6.45) is 0. The summed E-state index contributed by atoms with van der Waals surface area (Å²) in [5.41, 5.74) is 18.5. The zero-order chi connectivity index (χ0) is 59.6. The number of para-hydroxylation sites is 3. The van der Waals surface area contributed by atoms with Crippen LogP contribution in [0.5, 0.6) is 0 Å². The molecule has 0 aliphatic heterocycles. The molecule has 0 amide bonds. The fraction of sp³-hybridized carbons (Fsp3) is 0.0238. The first-order valence-electron chi connectivity index (χ1n) is 30.5. The number of nitrogens with zero attached hydrogens (tertiary/aromatic N) is 5. The third-order valence-corrected chi connectivity index (χ3v) is 17.0. The molecule has 0 atom stereocenters. The molecule has 15 aromatic rings. The van der Waals surface area contributed by atoms with Gasteiger partial charge >= 0.3 is 0 Å². The molecule has 0 aromatic heterocycles. The molecule has 0 saturated heterocycles. The topological polar surface area (TPSA) is 16.2 Å². The van der Waals surface area contributed by atoms with E-state index in [1.54, 1.807) is 0 Å². The Labute approximate surface area is 520 Å². The van der Waals surface area contributed by atoms with Crippen LogP contribution >= 0.6 is 0 Å². The zero-order valence-corrected chi connectivity index (χ0v) is 49.6. The lowest BCUT2D eigenvalue weighted by Gasteiger charge is -2.31. The lowest BCUT2D eigenvalue weighted by Crippen LogP contribution is -2.14. The molecule has 0 aliphatic carbocycles. The Kier molecular flexibility index (Phi) is 14.4. The van der Waals surface area contributed by atoms with E-state index in [4.69, 9.17) is 0 Å². The molecule has 15 aromatic carbocycles. The number of aryl methyl sites for hydroxylation is 2. The average molecular weight is 1140 g/mol. The molecule has 5 heteroatoms. The van der Waals surface area contributed by atoms with Crippen molar-refractivity contribution in [1.82, 2.24) is 0 Å². The number of anilines is 15. The highest BCUT2D eigenvalue weighted by molar-refractivity contribution is 6.16. The predicted octanol–water partition coefficient (Wildman–Crippen LogP) is 24.3. The summed E-state index contributed by atoms with van der Waals surface area (Å²) in [4.78, 5) is 11.8. The number of rotatable bonds is 15. The van der Waals surface area contributed by atoms with Crippen LogP contribution in [0.15, 0.2) is 346 Å². The second-order valence-electron chi connectivity index (χ2n) is 22.8. The Hall–Kier alpha value is -11.7. The molecule has 0 saturated carbocycles. The van der Waals surface area contributed by atoms with Crippen LogP contribution in [0.2, 0.25) is 0 Å². The monoisotopic (exact) mass is 1140 g/mol. The van der Waals surface area contributed by atoms with Crippen molar-refractivity contribution in [1.29, 1.82) is 0 Å². The molecule has 424 valence electrons. The van der Waals surface area contributed by atoms with Crippen LogP contribution in [0.4, 0.5) is 85.3 Å². The maximum absolute atomic E-state index is 2.41. The highest BCUT2D eigenvalue weighted by Gasteiger charge is 2.23. The number of benzene rings is 15. The van der Waals surface area contributed by atoms with Gasteiger partial charge in [-0.25, -0.2) is 0 Å². The van der Waals surface area contributed by atoms with Crippen molar-refractivity contribution in [3.05, 3.63) is 357 Å². The van der Waals surface area contributed by atoms with Gasteiger partial charge in [-0.05, 0) is 227 Å². The van der Waals surface area contributed by atoms with Gasteiger partial charge in [0.25, 0.3) is 0 Å². The van der Waals surface area contributed by atoms with Gasteiger partial charge in [0.15, 0.2) is 0 Å². The van der Waals surface area contributed by atoms with E-state index < -0.39 is 0 Å². The lowest BCUT2D eigenvalue weighted by atomic mass is 9.99. The second-order valence-corrected chi connectivity index (χ2v) is 22.8. The lowest BCUT2D eigenvalue weighted by molar-refractivity contribution is 1.24. The van der Waals surface area contributed by atoms with Crippen molar-refractivity contribution < 1.29 is 0 Å². The van der Waals surface area contributed by atoms with Gasteiger partial charge in [-0.15, -0.1) is 0 Å². The van der Waals surface area contributed by atoms with Crippen molar-refractivity contribution in [3.8, 4) is 0 Å². The van der Waals surface area contributed by atoms with Crippen LogP contribution in [0.1, 0.15) is 11.1 Å². The van der Waals surface area contributed by atoms with Gasteiger partial charge in [0.2, 0.25) is 0 Å². The molecule has 15 rings (SSSR count). The zero-order valence-electron chi connectivity index (χ0n) is 49.6. The van der Waals surface area contributed by atoms with Crippen LogP contribution in [-0.4, -0.2) is 0 Å². The largest absolute Gasteiger partial charge is 0.311 e. The molecule has 5 nitrogen and oxygen atoms in total. The Balaban J connectivity index is 0.768. The first-order valence-corrected chi connectivity index (χ1v) is 30.5. The van der Waals surface area contributed by atoms with Crippen molar-refractivity contribution in [3.63, 3.8) is 0 Å². The van der Waals surface area contributed by atoms with Crippen LogP contribution in [0.3, 0.4) is 0 Å². The quantitative estimate of drug-likeness (QED) is 0.0948. The molecular weight excluding hydrogens is 1080 g/mol. The van der Waals surface area contributed by atoms with Gasteiger partial charge in [-0.3, -0.25) is 0 Å². The minimum Gasteiger partial charge on any atom is -0.311 e. The summed E-state index contributed by atoms with van der Waals surface area (Å²) in [5.74, 6) is 0. The smallest absolute Gasteiger partial charge is 0.0546 e. The maximum Gasteiger partial charge on any atom is 0.0546 e. The van der Waals surface area contributed by atoms with Crippen molar-refractivity contribution >= 4 is 128 Å². The molecule has 0 N–H and O–H groups in total. The van der Waals surface area contributed by atoms with Crippen LogP contribution in [0.25, 0.3) is 43.1 Å². The third-order valence-electron chi connectivity index (χ3n) is 17.0. The molecule has 0 fully saturated rings. The summed E-state index contributed by atoms with van der Waals surface area (Å²) in [6, 6.07) is 125. The van der Waals surface area contributed by atoms with E-state index in [0.717, 1.165) is 85.3 Å².